The number of halogens is 3. The first-order chi connectivity index (χ1) is 14.3. The largest absolute Gasteiger partial charge is 0.356 e. The standard InChI is InChI=1S/C20H17Cl2IN4O2S/c1-12(28)24-7-6-19-25-26-20(27(19)17-9-14(21)8-15(22)10-17)30-11-18(29)13-2-4-16(23)5-3-13/h2-5,8-10H,6-7,11H2,1H3,(H,24,28). The number of hydrogen-bond acceptors (Lipinski definition) is 5. The number of carbonyl (C=O) groups excluding carboxylic acids is 2. The molecule has 0 fully saturated rings. The second-order valence-electron chi connectivity index (χ2n) is 6.31. The second-order valence-corrected chi connectivity index (χ2v) is 9.37. The fourth-order valence-corrected chi connectivity index (χ4v) is 4.42. The van der Waals surface area contributed by atoms with Gasteiger partial charge in [0.15, 0.2) is 10.9 Å². The quantitative estimate of drug-likeness (QED) is 0.237. The minimum absolute atomic E-state index is 0.00475. The molecule has 1 N–H and O–H groups in total. The Morgan fingerprint density at radius 2 is 1.77 bits per heavy atom. The highest BCUT2D eigenvalue weighted by Crippen LogP contribution is 2.27. The fraction of sp³-hybridized carbons (Fsp3) is 0.200. The van der Waals surface area contributed by atoms with Gasteiger partial charge in [0, 0.05) is 39.1 Å². The molecular weight excluding hydrogens is 558 g/mol. The van der Waals surface area contributed by atoms with E-state index in [1.54, 1.807) is 18.2 Å². The molecule has 6 nitrogen and oxygen atoms in total. The molecule has 3 rings (SSSR count). The van der Waals surface area contributed by atoms with Gasteiger partial charge in [0.05, 0.1) is 11.4 Å². The van der Waals surface area contributed by atoms with Crippen LogP contribution >= 0.6 is 57.6 Å². The number of hydrogen-bond donors (Lipinski definition) is 1. The Morgan fingerprint density at radius 1 is 1.10 bits per heavy atom. The Hall–Kier alpha value is -1.62. The Balaban J connectivity index is 1.85. The van der Waals surface area contributed by atoms with Crippen molar-refractivity contribution in [2.45, 2.75) is 18.5 Å². The predicted octanol–water partition coefficient (Wildman–Crippen LogP) is 4.83. The Morgan fingerprint density at radius 3 is 2.40 bits per heavy atom. The van der Waals surface area contributed by atoms with Crippen molar-refractivity contribution in [3.8, 4) is 5.69 Å². The van der Waals surface area contributed by atoms with Crippen molar-refractivity contribution in [2.24, 2.45) is 0 Å². The zero-order chi connectivity index (χ0) is 21.7. The van der Waals surface area contributed by atoms with E-state index in [1.807, 2.05) is 28.8 Å². The monoisotopic (exact) mass is 574 g/mol. The second kappa shape index (κ2) is 10.6. The number of benzene rings is 2. The SMILES string of the molecule is CC(=O)NCCc1nnc(SCC(=O)c2ccc(I)cc2)n1-c1cc(Cl)cc(Cl)c1. The summed E-state index contributed by atoms with van der Waals surface area (Å²) in [4.78, 5) is 23.8. The Bertz CT molecular complexity index is 1050. The number of Topliss-reactive ketones (excluding diaryl/α,β-unsaturated/α-hetero) is 1. The third-order valence-electron chi connectivity index (χ3n) is 4.03. The van der Waals surface area contributed by atoms with Crippen LogP contribution in [0.2, 0.25) is 10.0 Å². The number of thioether (sulfide) groups is 1. The lowest BCUT2D eigenvalue weighted by Gasteiger charge is -2.11. The van der Waals surface area contributed by atoms with Gasteiger partial charge in [-0.25, -0.2) is 0 Å². The molecule has 10 heteroatoms. The fourth-order valence-electron chi connectivity index (χ4n) is 2.68. The average molecular weight is 575 g/mol. The lowest BCUT2D eigenvalue weighted by atomic mass is 10.2. The molecule has 0 saturated carbocycles. The van der Waals surface area contributed by atoms with Gasteiger partial charge in [0.2, 0.25) is 5.91 Å². The molecule has 30 heavy (non-hydrogen) atoms. The number of amides is 1. The van der Waals surface area contributed by atoms with E-state index < -0.39 is 0 Å². The minimum atomic E-state index is -0.121. The lowest BCUT2D eigenvalue weighted by molar-refractivity contribution is -0.118. The van der Waals surface area contributed by atoms with Crippen LogP contribution in [0.3, 0.4) is 0 Å². The normalized spacial score (nSPS) is 10.8. The van der Waals surface area contributed by atoms with Gasteiger partial charge >= 0.3 is 0 Å². The molecule has 0 aliphatic heterocycles. The maximum Gasteiger partial charge on any atom is 0.216 e. The van der Waals surface area contributed by atoms with Crippen LogP contribution in [0.5, 0.6) is 0 Å². The Labute approximate surface area is 201 Å². The summed E-state index contributed by atoms with van der Waals surface area (Å²) in [5.41, 5.74) is 1.34. The number of nitrogens with zero attached hydrogens (tertiary/aromatic N) is 3. The highest BCUT2D eigenvalue weighted by atomic mass is 127. The molecule has 3 aromatic rings. The maximum atomic E-state index is 12.6. The molecule has 0 atom stereocenters. The van der Waals surface area contributed by atoms with Crippen LogP contribution in [0.1, 0.15) is 23.1 Å². The molecule has 2 aromatic carbocycles. The first kappa shape index (κ1) is 23.1. The van der Waals surface area contributed by atoms with Crippen LogP contribution in [0.25, 0.3) is 5.69 Å². The number of aromatic nitrogens is 3. The van der Waals surface area contributed by atoms with Crippen LogP contribution in [0.15, 0.2) is 47.6 Å². The molecule has 0 radical (unpaired) electrons. The Kier molecular flexibility index (Phi) is 8.15. The number of nitrogens with one attached hydrogen (secondary N) is 1. The summed E-state index contributed by atoms with van der Waals surface area (Å²) in [5.74, 6) is 0.712. The summed E-state index contributed by atoms with van der Waals surface area (Å²) in [7, 11) is 0. The minimum Gasteiger partial charge on any atom is -0.356 e. The smallest absolute Gasteiger partial charge is 0.216 e. The van der Waals surface area contributed by atoms with E-state index in [0.29, 0.717) is 45.2 Å². The molecule has 0 bridgehead atoms. The molecule has 0 aliphatic rings. The number of ketones is 1. The van der Waals surface area contributed by atoms with Crippen molar-refractivity contribution in [3.63, 3.8) is 0 Å². The third kappa shape index (κ3) is 6.19. The van der Waals surface area contributed by atoms with Gasteiger partial charge in [-0.3, -0.25) is 14.2 Å². The molecule has 1 amide bonds. The summed E-state index contributed by atoms with van der Waals surface area (Å²) in [5, 5.41) is 12.8. The van der Waals surface area contributed by atoms with Crippen molar-refractivity contribution >= 4 is 69.2 Å². The van der Waals surface area contributed by atoms with E-state index >= 15 is 0 Å². The van der Waals surface area contributed by atoms with Crippen LogP contribution in [0.4, 0.5) is 0 Å². The van der Waals surface area contributed by atoms with Crippen molar-refractivity contribution < 1.29 is 9.59 Å². The van der Waals surface area contributed by atoms with E-state index in [-0.39, 0.29) is 17.4 Å². The zero-order valence-corrected chi connectivity index (χ0v) is 20.3. The summed E-state index contributed by atoms with van der Waals surface area (Å²) in [6, 6.07) is 12.6. The third-order valence-corrected chi connectivity index (χ3v) is 6.11. The van der Waals surface area contributed by atoms with Gasteiger partial charge in [-0.15, -0.1) is 10.2 Å². The summed E-state index contributed by atoms with van der Waals surface area (Å²) >= 11 is 15.8. The number of carbonyl (C=O) groups is 2. The molecule has 156 valence electrons. The average Bonchev–Trinajstić information content (AvgIpc) is 3.08. The van der Waals surface area contributed by atoms with Gasteiger partial charge in [-0.2, -0.15) is 0 Å². The van der Waals surface area contributed by atoms with Crippen molar-refractivity contribution in [1.29, 1.82) is 0 Å². The first-order valence-electron chi connectivity index (χ1n) is 8.90. The molecule has 1 heterocycles. The molecule has 0 spiro atoms. The van der Waals surface area contributed by atoms with Crippen LogP contribution in [-0.4, -0.2) is 38.8 Å². The van der Waals surface area contributed by atoms with Crippen molar-refractivity contribution in [1.82, 2.24) is 20.1 Å². The molecule has 1 aromatic heterocycles. The highest BCUT2D eigenvalue weighted by molar-refractivity contribution is 14.1. The van der Waals surface area contributed by atoms with Gasteiger partial charge in [0.1, 0.15) is 5.82 Å². The van der Waals surface area contributed by atoms with E-state index in [9.17, 15) is 9.59 Å². The zero-order valence-electron chi connectivity index (χ0n) is 15.9. The lowest BCUT2D eigenvalue weighted by Crippen LogP contribution is -2.23. The van der Waals surface area contributed by atoms with Gasteiger partial charge in [-0.05, 0) is 52.9 Å². The van der Waals surface area contributed by atoms with E-state index in [1.165, 1.54) is 18.7 Å². The predicted molar refractivity (Wildman–Crippen MR) is 128 cm³/mol. The van der Waals surface area contributed by atoms with Crippen LogP contribution in [0, 0.1) is 3.57 Å². The molecule has 0 unspecified atom stereocenters. The van der Waals surface area contributed by atoms with Crippen molar-refractivity contribution in [3.05, 3.63) is 67.5 Å². The first-order valence-corrected chi connectivity index (χ1v) is 11.7. The van der Waals surface area contributed by atoms with Crippen molar-refractivity contribution in [2.75, 3.05) is 12.3 Å². The number of rotatable bonds is 8. The summed E-state index contributed by atoms with van der Waals surface area (Å²) < 4.78 is 2.88. The molecular formula is C20H17Cl2IN4O2S. The van der Waals surface area contributed by atoms with E-state index in [0.717, 1.165) is 3.57 Å². The van der Waals surface area contributed by atoms with Crippen LogP contribution in [-0.2, 0) is 11.2 Å². The molecule has 0 saturated heterocycles. The van der Waals surface area contributed by atoms with E-state index in [4.69, 9.17) is 23.2 Å². The highest BCUT2D eigenvalue weighted by Gasteiger charge is 2.17. The van der Waals surface area contributed by atoms with Gasteiger partial charge in [0.25, 0.3) is 0 Å². The summed E-state index contributed by atoms with van der Waals surface area (Å²) in [6.45, 7) is 1.87. The topological polar surface area (TPSA) is 76.9 Å². The van der Waals surface area contributed by atoms with Gasteiger partial charge < -0.3 is 5.32 Å². The summed E-state index contributed by atoms with van der Waals surface area (Å²) in [6.07, 6.45) is 0.461. The molecule has 0 aliphatic carbocycles. The van der Waals surface area contributed by atoms with Crippen LogP contribution < -0.4 is 5.32 Å². The van der Waals surface area contributed by atoms with Gasteiger partial charge in [-0.1, -0.05) is 47.1 Å². The van der Waals surface area contributed by atoms with E-state index in [2.05, 4.69) is 38.1 Å². The maximum absolute atomic E-state index is 12.6.